The number of benzene rings is 1. The average molecular weight is 326 g/mol. The van der Waals surface area contributed by atoms with Gasteiger partial charge in [0.25, 0.3) is 0 Å². The smallest absolute Gasteiger partial charge is 0.344 e. The van der Waals surface area contributed by atoms with Crippen molar-refractivity contribution in [3.8, 4) is 0 Å². The van der Waals surface area contributed by atoms with E-state index in [1.807, 2.05) is 0 Å². The van der Waals surface area contributed by atoms with Crippen LogP contribution in [-0.2, 0) is 9.84 Å². The van der Waals surface area contributed by atoms with Gasteiger partial charge in [0.05, 0.1) is 4.90 Å². The van der Waals surface area contributed by atoms with Crippen LogP contribution in [0.5, 0.6) is 0 Å². The quantitative estimate of drug-likeness (QED) is 0.812. The maximum absolute atomic E-state index is 11.7. The zero-order valence-corrected chi connectivity index (χ0v) is 12.9. The monoisotopic (exact) mass is 326 g/mol. The highest BCUT2D eigenvalue weighted by Crippen LogP contribution is 2.39. The highest BCUT2D eigenvalue weighted by atomic mass is 32.2. The van der Waals surface area contributed by atoms with Crippen LogP contribution in [0.3, 0.4) is 0 Å². The molecule has 1 aromatic carbocycles. The first-order valence-corrected chi connectivity index (χ1v) is 9.01. The SMILES string of the molecule is CS(=O)(=O)c1ccc(Sc2n[nH]c(=O)n2C2CC2)c(N)c1. The minimum absolute atomic E-state index is 0.172. The first-order valence-electron chi connectivity index (χ1n) is 6.30. The first-order chi connectivity index (χ1) is 9.86. The number of nitrogens with two attached hydrogens (primary N) is 1. The highest BCUT2D eigenvalue weighted by molar-refractivity contribution is 7.99. The van der Waals surface area contributed by atoms with Gasteiger partial charge in [-0.3, -0.25) is 4.57 Å². The molecule has 0 radical (unpaired) electrons. The van der Waals surface area contributed by atoms with Gasteiger partial charge in [-0.1, -0.05) is 0 Å². The van der Waals surface area contributed by atoms with E-state index in [1.165, 1.54) is 23.9 Å². The van der Waals surface area contributed by atoms with E-state index >= 15 is 0 Å². The van der Waals surface area contributed by atoms with E-state index in [2.05, 4.69) is 10.2 Å². The van der Waals surface area contributed by atoms with Gasteiger partial charge in [-0.2, -0.15) is 0 Å². The van der Waals surface area contributed by atoms with Gasteiger partial charge >= 0.3 is 5.69 Å². The highest BCUT2D eigenvalue weighted by Gasteiger charge is 2.29. The molecule has 9 heteroatoms. The molecule has 3 N–H and O–H groups in total. The van der Waals surface area contributed by atoms with E-state index in [9.17, 15) is 13.2 Å². The molecule has 0 unspecified atom stereocenters. The fourth-order valence-electron chi connectivity index (χ4n) is 1.97. The molecule has 0 atom stereocenters. The zero-order valence-electron chi connectivity index (χ0n) is 11.2. The second-order valence-electron chi connectivity index (χ2n) is 4.99. The Hall–Kier alpha value is -1.74. The molecule has 21 heavy (non-hydrogen) atoms. The number of nitrogens with one attached hydrogen (secondary N) is 1. The lowest BCUT2D eigenvalue weighted by atomic mass is 10.3. The molecule has 1 aromatic heterocycles. The van der Waals surface area contributed by atoms with Crippen LogP contribution in [-0.4, -0.2) is 29.4 Å². The van der Waals surface area contributed by atoms with Gasteiger partial charge in [-0.05, 0) is 42.8 Å². The Kier molecular flexibility index (Phi) is 3.33. The fourth-order valence-corrected chi connectivity index (χ4v) is 3.55. The van der Waals surface area contributed by atoms with Crippen molar-refractivity contribution < 1.29 is 8.42 Å². The lowest BCUT2D eigenvalue weighted by molar-refractivity contribution is 0.602. The van der Waals surface area contributed by atoms with Gasteiger partial charge in [0.2, 0.25) is 0 Å². The molecule has 0 bridgehead atoms. The van der Waals surface area contributed by atoms with Crippen LogP contribution in [0.4, 0.5) is 5.69 Å². The van der Waals surface area contributed by atoms with E-state index in [-0.39, 0.29) is 16.6 Å². The van der Waals surface area contributed by atoms with Gasteiger partial charge in [-0.25, -0.2) is 18.3 Å². The van der Waals surface area contributed by atoms with Crippen LogP contribution in [0.25, 0.3) is 0 Å². The number of hydrogen-bond acceptors (Lipinski definition) is 6. The van der Waals surface area contributed by atoms with Crippen LogP contribution < -0.4 is 11.4 Å². The molecule has 1 saturated carbocycles. The molecule has 0 amide bonds. The Morgan fingerprint density at radius 1 is 1.43 bits per heavy atom. The summed E-state index contributed by atoms with van der Waals surface area (Å²) >= 11 is 1.25. The predicted molar refractivity (Wildman–Crippen MR) is 79.2 cm³/mol. The van der Waals surface area contributed by atoms with Crippen molar-refractivity contribution in [3.05, 3.63) is 28.7 Å². The number of aromatic amines is 1. The van der Waals surface area contributed by atoms with Crippen molar-refractivity contribution in [2.45, 2.75) is 33.8 Å². The molecule has 1 aliphatic carbocycles. The maximum Gasteiger partial charge on any atom is 0.344 e. The lowest BCUT2D eigenvalue weighted by Crippen LogP contribution is -2.16. The number of hydrogen-bond donors (Lipinski definition) is 2. The summed E-state index contributed by atoms with van der Waals surface area (Å²) in [5.41, 5.74) is 6.02. The summed E-state index contributed by atoms with van der Waals surface area (Å²) in [4.78, 5) is 12.5. The Labute approximate surface area is 125 Å². The fraction of sp³-hybridized carbons (Fsp3) is 0.333. The number of rotatable bonds is 4. The largest absolute Gasteiger partial charge is 0.398 e. The number of H-pyrrole nitrogens is 1. The Morgan fingerprint density at radius 2 is 2.14 bits per heavy atom. The third-order valence-corrected chi connectivity index (χ3v) is 5.37. The van der Waals surface area contributed by atoms with E-state index in [4.69, 9.17) is 5.73 Å². The summed E-state index contributed by atoms with van der Waals surface area (Å²) in [7, 11) is -3.29. The topological polar surface area (TPSA) is 111 Å². The Morgan fingerprint density at radius 3 is 2.71 bits per heavy atom. The molecule has 3 rings (SSSR count). The van der Waals surface area contributed by atoms with Crippen LogP contribution in [0.2, 0.25) is 0 Å². The molecule has 2 aromatic rings. The minimum Gasteiger partial charge on any atom is -0.398 e. The van der Waals surface area contributed by atoms with Crippen LogP contribution >= 0.6 is 11.8 Å². The van der Waals surface area contributed by atoms with E-state index in [0.717, 1.165) is 19.1 Å². The molecule has 112 valence electrons. The summed E-state index contributed by atoms with van der Waals surface area (Å²) in [5, 5.41) is 6.98. The number of sulfone groups is 1. The summed E-state index contributed by atoms with van der Waals surface area (Å²) in [6.45, 7) is 0. The van der Waals surface area contributed by atoms with Crippen molar-refractivity contribution in [1.29, 1.82) is 0 Å². The van der Waals surface area contributed by atoms with E-state index in [0.29, 0.717) is 15.7 Å². The maximum atomic E-state index is 11.7. The molecule has 1 heterocycles. The van der Waals surface area contributed by atoms with E-state index < -0.39 is 9.84 Å². The van der Waals surface area contributed by atoms with Gasteiger partial charge < -0.3 is 5.73 Å². The van der Waals surface area contributed by atoms with Gasteiger partial charge in [0.1, 0.15) is 0 Å². The normalized spacial score (nSPS) is 15.3. The third-order valence-electron chi connectivity index (χ3n) is 3.19. The second-order valence-corrected chi connectivity index (χ2v) is 8.01. The summed E-state index contributed by atoms with van der Waals surface area (Å²) < 4.78 is 24.6. The first kappa shape index (κ1) is 14.2. The minimum atomic E-state index is -3.29. The molecular weight excluding hydrogens is 312 g/mol. The summed E-state index contributed by atoms with van der Waals surface area (Å²) in [6, 6.07) is 4.76. The molecule has 0 spiro atoms. The van der Waals surface area contributed by atoms with Crippen molar-refractivity contribution in [2.24, 2.45) is 0 Å². The molecule has 1 fully saturated rings. The van der Waals surface area contributed by atoms with Crippen molar-refractivity contribution in [1.82, 2.24) is 14.8 Å². The molecule has 0 aliphatic heterocycles. The van der Waals surface area contributed by atoms with Crippen molar-refractivity contribution >= 4 is 27.3 Å². The van der Waals surface area contributed by atoms with Crippen molar-refractivity contribution in [3.63, 3.8) is 0 Å². The van der Waals surface area contributed by atoms with Gasteiger partial charge in [-0.15, -0.1) is 5.10 Å². The molecule has 0 saturated heterocycles. The Bertz CT molecular complexity index is 850. The summed E-state index contributed by atoms with van der Waals surface area (Å²) in [6.07, 6.45) is 3.07. The third kappa shape index (κ3) is 2.84. The number of anilines is 1. The lowest BCUT2D eigenvalue weighted by Gasteiger charge is -2.07. The van der Waals surface area contributed by atoms with Gasteiger partial charge in [0, 0.05) is 22.9 Å². The van der Waals surface area contributed by atoms with Crippen LogP contribution in [0.15, 0.2) is 37.9 Å². The summed E-state index contributed by atoms with van der Waals surface area (Å²) in [5.74, 6) is 0. The molecule has 1 aliphatic rings. The molecule has 7 nitrogen and oxygen atoms in total. The zero-order chi connectivity index (χ0) is 15.2. The average Bonchev–Trinajstić information content (AvgIpc) is 3.16. The van der Waals surface area contributed by atoms with Crippen LogP contribution in [0, 0.1) is 0 Å². The number of nitrogens with zero attached hydrogens (tertiary/aromatic N) is 2. The van der Waals surface area contributed by atoms with Crippen LogP contribution in [0.1, 0.15) is 18.9 Å². The van der Waals surface area contributed by atoms with Gasteiger partial charge in [0.15, 0.2) is 15.0 Å². The number of nitrogen functional groups attached to an aromatic ring is 1. The molecular formula is C12H14N4O3S2. The number of aromatic nitrogens is 3. The standard InChI is InChI=1S/C12H14N4O3S2/c1-21(18,19)8-4-5-10(9(13)6-8)20-12-15-14-11(17)16(12)7-2-3-7/h4-7H,2-3,13H2,1H3,(H,14,17). The second kappa shape index (κ2) is 4.92. The van der Waals surface area contributed by atoms with E-state index in [1.54, 1.807) is 10.6 Å². The van der Waals surface area contributed by atoms with Crippen molar-refractivity contribution in [2.75, 3.05) is 12.0 Å². The Balaban J connectivity index is 1.94. The predicted octanol–water partition coefficient (Wildman–Crippen LogP) is 1.04.